The molecule has 0 aliphatic carbocycles. The second-order valence-corrected chi connectivity index (χ2v) is 9.84. The van der Waals surface area contributed by atoms with E-state index in [2.05, 4.69) is 52.2 Å². The van der Waals surface area contributed by atoms with E-state index in [0.717, 1.165) is 10.8 Å². The van der Waals surface area contributed by atoms with Gasteiger partial charge in [-0.3, -0.25) is 0 Å². The number of nitrogens with one attached hydrogen (secondary N) is 2. The van der Waals surface area contributed by atoms with Crippen LogP contribution in [0.5, 0.6) is 11.5 Å². The molecule has 2 aromatic carbocycles. The third-order valence-electron chi connectivity index (χ3n) is 4.41. The van der Waals surface area contributed by atoms with Crippen LogP contribution in [-0.4, -0.2) is 59.8 Å². The average Bonchev–Trinajstić information content (AvgIpc) is 2.66. The van der Waals surface area contributed by atoms with Gasteiger partial charge >= 0.3 is 0 Å². The van der Waals surface area contributed by atoms with Gasteiger partial charge in [0.1, 0.15) is 25.4 Å². The topological polar surface area (TPSA) is 83.0 Å². The minimum absolute atomic E-state index is 0. The molecule has 6 nitrogen and oxygen atoms in total. The zero-order chi connectivity index (χ0) is 22.4. The number of hydrogen-bond donors (Lipinski definition) is 4. The minimum atomic E-state index is -0.648. The Morgan fingerprint density at radius 1 is 0.719 bits per heavy atom. The number of aliphatic hydroxyl groups is 2. The van der Waals surface area contributed by atoms with Crippen LogP contribution >= 0.6 is 24.8 Å². The summed E-state index contributed by atoms with van der Waals surface area (Å²) in [5.41, 5.74) is -0.148. The smallest absolute Gasteiger partial charge is 0.161 e. The number of β-amino-alcohol motifs (C(OH)–C–C–N with tert-alkyl or cyclic N) is 2. The fraction of sp³-hybridized carbons (Fsp3) is 0.583. The minimum Gasteiger partial charge on any atom is -0.487 e. The van der Waals surface area contributed by atoms with Crippen LogP contribution in [0.3, 0.4) is 0 Å². The molecular weight excluding hydrogens is 451 g/mol. The Hall–Kier alpha value is -1.28. The SMILES string of the molecule is CC(C)(C)NCC(O)COc1cc2ccccc2cc1OCC(O)CNC(C)(C)C.Cl.Cl. The Kier molecular flexibility index (Phi) is 12.9. The fourth-order valence-electron chi connectivity index (χ4n) is 2.76. The van der Waals surface area contributed by atoms with Crippen LogP contribution in [0.15, 0.2) is 36.4 Å². The van der Waals surface area contributed by atoms with Crippen molar-refractivity contribution in [3.05, 3.63) is 36.4 Å². The number of hydrogen-bond acceptors (Lipinski definition) is 6. The van der Waals surface area contributed by atoms with Crippen molar-refractivity contribution in [2.75, 3.05) is 26.3 Å². The van der Waals surface area contributed by atoms with E-state index in [0.29, 0.717) is 24.6 Å². The van der Waals surface area contributed by atoms with Crippen molar-refractivity contribution in [2.24, 2.45) is 0 Å². The van der Waals surface area contributed by atoms with Crippen LogP contribution in [0.1, 0.15) is 41.5 Å². The highest BCUT2D eigenvalue weighted by atomic mass is 35.5. The number of rotatable bonds is 10. The molecule has 0 aromatic heterocycles. The Balaban J connectivity index is 0.00000480. The summed E-state index contributed by atoms with van der Waals surface area (Å²) in [6.45, 7) is 13.5. The number of halogens is 2. The molecule has 8 heteroatoms. The molecule has 0 aliphatic rings. The Morgan fingerprint density at radius 3 is 1.38 bits per heavy atom. The van der Waals surface area contributed by atoms with Crippen LogP contribution in [0.25, 0.3) is 10.8 Å². The summed E-state index contributed by atoms with van der Waals surface area (Å²) in [4.78, 5) is 0. The van der Waals surface area contributed by atoms with Crippen LogP contribution < -0.4 is 20.1 Å². The lowest BCUT2D eigenvalue weighted by Crippen LogP contribution is -2.42. The average molecular weight is 492 g/mol. The van der Waals surface area contributed by atoms with Crippen molar-refractivity contribution >= 4 is 35.6 Å². The molecule has 184 valence electrons. The summed E-state index contributed by atoms with van der Waals surface area (Å²) in [5, 5.41) is 29.1. The van der Waals surface area contributed by atoms with Crippen molar-refractivity contribution in [3.63, 3.8) is 0 Å². The van der Waals surface area contributed by atoms with Crippen molar-refractivity contribution in [2.45, 2.75) is 64.8 Å². The highest BCUT2D eigenvalue weighted by Gasteiger charge is 2.16. The molecule has 0 bridgehead atoms. The lowest BCUT2D eigenvalue weighted by molar-refractivity contribution is 0.0873. The van der Waals surface area contributed by atoms with Gasteiger partial charge in [0.05, 0.1) is 0 Å². The molecule has 4 N–H and O–H groups in total. The number of fused-ring (bicyclic) bond motifs is 1. The van der Waals surface area contributed by atoms with Crippen LogP contribution in [0.4, 0.5) is 0 Å². The standard InChI is InChI=1S/C24H38N2O4.2ClH/c1-23(2,3)25-13-19(27)15-29-21-11-17-9-7-8-10-18(17)12-22(21)30-16-20(28)14-26-24(4,5)6;;/h7-12,19-20,25-28H,13-16H2,1-6H3;2*1H. The Labute approximate surface area is 204 Å². The summed E-state index contributed by atoms with van der Waals surface area (Å²) < 4.78 is 11.8. The predicted molar refractivity (Wildman–Crippen MR) is 137 cm³/mol. The maximum atomic E-state index is 10.3. The monoisotopic (exact) mass is 490 g/mol. The van der Waals surface area contributed by atoms with Gasteiger partial charge in [-0.05, 0) is 64.4 Å². The zero-order valence-electron chi connectivity index (χ0n) is 20.0. The maximum absolute atomic E-state index is 10.3. The molecule has 2 rings (SSSR count). The molecule has 0 heterocycles. The van der Waals surface area contributed by atoms with Gasteiger partial charge in [-0.15, -0.1) is 24.8 Å². The van der Waals surface area contributed by atoms with E-state index >= 15 is 0 Å². The van der Waals surface area contributed by atoms with Gasteiger partial charge < -0.3 is 30.3 Å². The van der Waals surface area contributed by atoms with Crippen LogP contribution in [-0.2, 0) is 0 Å². The van der Waals surface area contributed by atoms with Gasteiger partial charge in [0.25, 0.3) is 0 Å². The summed E-state index contributed by atoms with van der Waals surface area (Å²) in [7, 11) is 0. The molecule has 0 saturated carbocycles. The number of benzene rings is 2. The van der Waals surface area contributed by atoms with Crippen LogP contribution in [0, 0.1) is 0 Å². The summed E-state index contributed by atoms with van der Waals surface area (Å²) >= 11 is 0. The first-order chi connectivity index (χ1) is 13.9. The normalized spacial score (nSPS) is 13.6. The molecule has 0 radical (unpaired) electrons. The molecule has 2 atom stereocenters. The second kappa shape index (κ2) is 13.4. The molecule has 0 amide bonds. The lowest BCUT2D eigenvalue weighted by Gasteiger charge is -2.24. The first-order valence-corrected chi connectivity index (χ1v) is 10.6. The predicted octanol–water partition coefficient (Wildman–Crippen LogP) is 3.94. The highest BCUT2D eigenvalue weighted by molar-refractivity contribution is 5.86. The third-order valence-corrected chi connectivity index (χ3v) is 4.41. The summed E-state index contributed by atoms with van der Waals surface area (Å²) in [6.07, 6.45) is -1.30. The van der Waals surface area contributed by atoms with E-state index in [1.54, 1.807) is 0 Å². The van der Waals surface area contributed by atoms with Crippen LogP contribution in [0.2, 0.25) is 0 Å². The Bertz CT molecular complexity index is 740. The third kappa shape index (κ3) is 11.5. The van der Waals surface area contributed by atoms with E-state index in [1.807, 2.05) is 36.4 Å². The summed E-state index contributed by atoms with van der Waals surface area (Å²) in [5.74, 6) is 1.11. The molecule has 0 saturated heterocycles. The van der Waals surface area contributed by atoms with E-state index in [9.17, 15) is 10.2 Å². The molecule has 32 heavy (non-hydrogen) atoms. The fourth-order valence-corrected chi connectivity index (χ4v) is 2.76. The van der Waals surface area contributed by atoms with Gasteiger partial charge in [-0.1, -0.05) is 24.3 Å². The molecule has 0 spiro atoms. The highest BCUT2D eigenvalue weighted by Crippen LogP contribution is 2.33. The van der Waals surface area contributed by atoms with Gasteiger partial charge in [0, 0.05) is 24.2 Å². The zero-order valence-corrected chi connectivity index (χ0v) is 21.6. The van der Waals surface area contributed by atoms with Crippen molar-refractivity contribution in [1.82, 2.24) is 10.6 Å². The van der Waals surface area contributed by atoms with Crippen molar-refractivity contribution in [1.29, 1.82) is 0 Å². The van der Waals surface area contributed by atoms with E-state index in [1.165, 1.54) is 0 Å². The summed E-state index contributed by atoms with van der Waals surface area (Å²) in [6, 6.07) is 11.8. The van der Waals surface area contributed by atoms with Crippen molar-refractivity contribution < 1.29 is 19.7 Å². The largest absolute Gasteiger partial charge is 0.487 e. The first kappa shape index (κ1) is 30.7. The van der Waals surface area contributed by atoms with E-state index < -0.39 is 12.2 Å². The Morgan fingerprint density at radius 2 is 1.06 bits per heavy atom. The second-order valence-electron chi connectivity index (χ2n) is 9.84. The molecule has 0 fully saturated rings. The van der Waals surface area contributed by atoms with Crippen molar-refractivity contribution in [3.8, 4) is 11.5 Å². The van der Waals surface area contributed by atoms with E-state index in [4.69, 9.17) is 9.47 Å². The van der Waals surface area contributed by atoms with E-state index in [-0.39, 0.29) is 49.1 Å². The molecule has 2 aromatic rings. The molecule has 2 unspecified atom stereocenters. The quantitative estimate of drug-likeness (QED) is 0.403. The van der Waals surface area contributed by atoms with Gasteiger partial charge in [-0.2, -0.15) is 0 Å². The van der Waals surface area contributed by atoms with Gasteiger partial charge in [0.2, 0.25) is 0 Å². The number of ether oxygens (including phenoxy) is 2. The molecule has 0 aliphatic heterocycles. The lowest BCUT2D eigenvalue weighted by atomic mass is 10.1. The van der Waals surface area contributed by atoms with Gasteiger partial charge in [0.15, 0.2) is 11.5 Å². The van der Waals surface area contributed by atoms with Gasteiger partial charge in [-0.25, -0.2) is 0 Å². The molecular formula is C24H40Cl2N2O4. The number of aliphatic hydroxyl groups excluding tert-OH is 2. The maximum Gasteiger partial charge on any atom is 0.161 e. The first-order valence-electron chi connectivity index (χ1n) is 10.6.